The van der Waals surface area contributed by atoms with E-state index in [0.717, 1.165) is 39.3 Å². The van der Waals surface area contributed by atoms with Crippen LogP contribution in [0.4, 0.5) is 0 Å². The Balaban J connectivity index is 0.000000187. The van der Waals surface area contributed by atoms with Crippen LogP contribution in [0.2, 0.25) is 0 Å². The fraction of sp³-hybridized carbons (Fsp3) is 0.368. The summed E-state index contributed by atoms with van der Waals surface area (Å²) in [6.45, 7) is 5.41. The van der Waals surface area contributed by atoms with E-state index in [-0.39, 0.29) is 37.8 Å². The number of ketones is 2. The number of Topliss-reactive ketones (excluding diaryl/α,β-unsaturated/α-hetero) is 1. The van der Waals surface area contributed by atoms with Gasteiger partial charge in [-0.3, -0.25) is 9.59 Å². The van der Waals surface area contributed by atoms with Crippen molar-refractivity contribution in [1.82, 2.24) is 14.7 Å². The molecule has 5 rings (SSSR count). The van der Waals surface area contributed by atoms with E-state index in [2.05, 4.69) is 0 Å². The number of benzene rings is 1. The maximum atomic E-state index is 12.4. The number of rotatable bonds is 4. The molecule has 1 aliphatic carbocycles. The molecule has 0 radical (unpaired) electrons. The molecule has 5 nitrogen and oxygen atoms in total. The second kappa shape index (κ2) is 8.10. The molecule has 0 bridgehead atoms. The van der Waals surface area contributed by atoms with Gasteiger partial charge in [0, 0.05) is 77.4 Å². The van der Waals surface area contributed by atoms with E-state index in [4.69, 9.17) is 11.6 Å². The van der Waals surface area contributed by atoms with Gasteiger partial charge in [-0.2, -0.15) is 0 Å². The van der Waals surface area contributed by atoms with Crippen LogP contribution >= 0.6 is 11.6 Å². The van der Waals surface area contributed by atoms with Crippen LogP contribution in [0, 0.1) is 0 Å². The first-order valence-electron chi connectivity index (χ1n) is 8.59. The molecule has 1 aromatic rings. The molecular weight excluding hydrogens is 429 g/mol. The molecule has 0 spiro atoms. The Morgan fingerprint density at radius 2 is 1.35 bits per heavy atom. The van der Waals surface area contributed by atoms with Gasteiger partial charge >= 0.3 is 0 Å². The minimum absolute atomic E-state index is 0. The van der Waals surface area contributed by atoms with Gasteiger partial charge in [-0.1, -0.05) is 30.3 Å². The Hall–Kier alpha value is -1.39. The van der Waals surface area contributed by atoms with Crippen molar-refractivity contribution >= 4 is 23.2 Å². The average Bonchev–Trinajstić information content (AvgIpc) is 3.50. The van der Waals surface area contributed by atoms with Crippen molar-refractivity contribution in [2.75, 3.05) is 39.3 Å². The van der Waals surface area contributed by atoms with Crippen LogP contribution in [0.1, 0.15) is 5.56 Å². The Morgan fingerprint density at radius 1 is 0.808 bits per heavy atom. The maximum Gasteiger partial charge on any atom is 0.227 e. The zero-order chi connectivity index (χ0) is 17.4. The summed E-state index contributed by atoms with van der Waals surface area (Å²) in [6, 6.07) is 9.96. The number of allylic oxidation sites excluding steroid dienone is 1. The molecule has 3 fully saturated rings. The second-order valence-corrected chi connectivity index (χ2v) is 6.77. The predicted molar refractivity (Wildman–Crippen MR) is 95.8 cm³/mol. The molecule has 0 atom stereocenters. The molecule has 4 aliphatic rings. The third-order valence-corrected chi connectivity index (χ3v) is 4.79. The number of hydrogen-bond acceptors (Lipinski definition) is 5. The van der Waals surface area contributed by atoms with Crippen LogP contribution in [-0.4, -0.2) is 65.5 Å². The first-order valence-corrected chi connectivity index (χ1v) is 9.12. The second-order valence-electron chi connectivity index (χ2n) is 6.50. The minimum atomic E-state index is 0. The summed E-state index contributed by atoms with van der Waals surface area (Å²) in [5, 5.41) is 0. The molecule has 0 unspecified atom stereocenters. The van der Waals surface area contributed by atoms with Crippen molar-refractivity contribution in [3.63, 3.8) is 0 Å². The largest absolute Gasteiger partial charge is 0.365 e. The van der Waals surface area contributed by atoms with Gasteiger partial charge in [0.2, 0.25) is 11.6 Å². The first-order chi connectivity index (χ1) is 12.2. The van der Waals surface area contributed by atoms with E-state index in [0.29, 0.717) is 23.0 Å². The van der Waals surface area contributed by atoms with Crippen molar-refractivity contribution < 1.29 is 35.8 Å². The van der Waals surface area contributed by atoms with Gasteiger partial charge in [-0.15, -0.1) is 11.6 Å². The molecule has 0 aromatic heterocycles. The van der Waals surface area contributed by atoms with Crippen molar-refractivity contribution in [3.8, 4) is 0 Å². The minimum Gasteiger partial charge on any atom is -0.365 e. The van der Waals surface area contributed by atoms with Crippen molar-refractivity contribution in [2.24, 2.45) is 0 Å². The van der Waals surface area contributed by atoms with Crippen LogP contribution in [0.25, 0.3) is 0 Å². The van der Waals surface area contributed by atoms with Crippen LogP contribution in [0.3, 0.4) is 0 Å². The van der Waals surface area contributed by atoms with E-state index in [9.17, 15) is 9.59 Å². The summed E-state index contributed by atoms with van der Waals surface area (Å²) < 4.78 is 0. The topological polar surface area (TPSA) is 43.2 Å². The van der Waals surface area contributed by atoms with Crippen LogP contribution in [0.5, 0.6) is 0 Å². The Kier molecular flexibility index (Phi) is 6.04. The number of hydrogen-bond donors (Lipinski definition) is 0. The van der Waals surface area contributed by atoms with E-state index in [1.807, 2.05) is 45.0 Å². The molecular formula is C19H20ClN3O2Zr. The monoisotopic (exact) mass is 447 g/mol. The molecule has 3 aliphatic heterocycles. The van der Waals surface area contributed by atoms with Crippen LogP contribution < -0.4 is 0 Å². The predicted octanol–water partition coefficient (Wildman–Crippen LogP) is 1.60. The molecule has 0 saturated carbocycles. The molecule has 134 valence electrons. The SMILES string of the molecule is ClCc1ccccc1.O=C1C=C(N2CC2)C(=O)C(N2CC2)=C1N1CC1.[Zr]. The van der Waals surface area contributed by atoms with Gasteiger partial charge in [0.15, 0.2) is 0 Å². The first kappa shape index (κ1) is 19.4. The summed E-state index contributed by atoms with van der Waals surface area (Å²) in [5.74, 6) is 0.660. The summed E-state index contributed by atoms with van der Waals surface area (Å²) >= 11 is 5.53. The molecule has 3 saturated heterocycles. The zero-order valence-corrected chi connectivity index (χ0v) is 17.7. The fourth-order valence-electron chi connectivity index (χ4n) is 2.84. The average molecular weight is 449 g/mol. The summed E-state index contributed by atoms with van der Waals surface area (Å²) in [7, 11) is 0. The van der Waals surface area contributed by atoms with E-state index in [1.165, 1.54) is 11.6 Å². The number of carbonyl (C=O) groups is 2. The standard InChI is InChI=1S/C12H13N3O2.C7H7Cl.Zr/c16-9-7-8(13-1-2-13)12(17)11(15-5-6-15)10(9)14-3-4-14;8-6-7-4-2-1-3-5-7;/h7H,1-6H2;1-5H,6H2;. The Morgan fingerprint density at radius 3 is 1.81 bits per heavy atom. The Bertz CT molecular complexity index is 766. The van der Waals surface area contributed by atoms with Crippen molar-refractivity contribution in [2.45, 2.75) is 5.88 Å². The van der Waals surface area contributed by atoms with E-state index >= 15 is 0 Å². The molecule has 0 N–H and O–H groups in total. The van der Waals surface area contributed by atoms with E-state index < -0.39 is 0 Å². The normalized spacial score (nSPS) is 20.2. The quantitative estimate of drug-likeness (QED) is 0.397. The van der Waals surface area contributed by atoms with Crippen LogP contribution in [0.15, 0.2) is 53.5 Å². The van der Waals surface area contributed by atoms with Gasteiger partial charge in [0.25, 0.3) is 0 Å². The van der Waals surface area contributed by atoms with Gasteiger partial charge in [0.05, 0.1) is 5.70 Å². The molecule has 0 amide bonds. The van der Waals surface area contributed by atoms with Gasteiger partial charge in [-0.05, 0) is 5.56 Å². The number of halogens is 1. The Labute approximate surface area is 177 Å². The van der Waals surface area contributed by atoms with Crippen molar-refractivity contribution in [3.05, 3.63) is 59.1 Å². The number of carbonyl (C=O) groups excluding carboxylic acids is 2. The van der Waals surface area contributed by atoms with Gasteiger partial charge in [0.1, 0.15) is 11.4 Å². The van der Waals surface area contributed by atoms with Crippen molar-refractivity contribution in [1.29, 1.82) is 0 Å². The molecule has 3 heterocycles. The van der Waals surface area contributed by atoms with Gasteiger partial charge < -0.3 is 14.7 Å². The molecule has 26 heavy (non-hydrogen) atoms. The third-order valence-electron chi connectivity index (χ3n) is 4.49. The molecule has 7 heteroatoms. The number of nitrogens with zero attached hydrogens (tertiary/aromatic N) is 3. The number of alkyl halides is 1. The summed E-state index contributed by atoms with van der Waals surface area (Å²) in [6.07, 6.45) is 1.52. The third kappa shape index (κ3) is 4.29. The summed E-state index contributed by atoms with van der Waals surface area (Å²) in [5.41, 5.74) is 3.06. The van der Waals surface area contributed by atoms with Gasteiger partial charge in [-0.25, -0.2) is 0 Å². The zero-order valence-electron chi connectivity index (χ0n) is 14.4. The van der Waals surface area contributed by atoms with E-state index in [1.54, 1.807) is 0 Å². The maximum absolute atomic E-state index is 12.4. The molecule has 1 aromatic carbocycles. The van der Waals surface area contributed by atoms with Crippen LogP contribution in [-0.2, 0) is 41.7 Å². The summed E-state index contributed by atoms with van der Waals surface area (Å²) in [4.78, 5) is 30.5. The fourth-order valence-corrected chi connectivity index (χ4v) is 3.02. The smallest absolute Gasteiger partial charge is 0.227 e.